The van der Waals surface area contributed by atoms with Crippen molar-refractivity contribution in [1.29, 1.82) is 0 Å². The standard InChI is InChI=1S/C61H45NO2/c1-38(42-23-22-40-12-5-6-13-43(40)34-42)20-21-39(2)62(46-28-24-41(25-29-46)44-27-33-59-54(35-44)52-15-8-9-18-57(52)63-59)47-30-32-50-49-31-26-45(36-55(49)61(3,4)56(50)37-47)48-16-11-17-53-51-14-7-10-19-58(51)64-60(48)53/h5-37H,1-4H3/b38-20+,39-21+. The third-order valence-corrected chi connectivity index (χ3v) is 13.6. The van der Waals surface area contributed by atoms with Crippen molar-refractivity contribution < 1.29 is 8.83 Å². The first kappa shape index (κ1) is 37.8. The van der Waals surface area contributed by atoms with E-state index in [2.05, 4.69) is 215 Å². The van der Waals surface area contributed by atoms with Gasteiger partial charge in [0.2, 0.25) is 0 Å². The zero-order valence-electron chi connectivity index (χ0n) is 36.3. The summed E-state index contributed by atoms with van der Waals surface area (Å²) in [5, 5.41) is 7.05. The van der Waals surface area contributed by atoms with E-state index in [1.54, 1.807) is 0 Å². The SMILES string of the molecule is C/C(=C\C=C(/C)N(c1ccc(-c2ccc3oc4ccccc4c3c2)cc1)c1ccc2c(c1)C(C)(C)c1cc(-c3cccc4c3oc3ccccc34)ccc1-2)c1ccc2ccccc2c1. The number of hydrogen-bond acceptors (Lipinski definition) is 3. The minimum absolute atomic E-state index is 0.242. The lowest BCUT2D eigenvalue weighted by Crippen LogP contribution is -2.18. The molecule has 1 aliphatic carbocycles. The summed E-state index contributed by atoms with van der Waals surface area (Å²) in [6.45, 7) is 9.15. The van der Waals surface area contributed by atoms with Crippen LogP contribution in [0.15, 0.2) is 215 Å². The molecule has 0 N–H and O–H groups in total. The Morgan fingerprint density at radius 2 is 1.06 bits per heavy atom. The average Bonchev–Trinajstić information content (AvgIpc) is 3.98. The molecule has 306 valence electrons. The molecule has 0 saturated heterocycles. The van der Waals surface area contributed by atoms with E-state index >= 15 is 0 Å². The third kappa shape index (κ3) is 6.11. The molecule has 2 aromatic heterocycles. The van der Waals surface area contributed by atoms with Crippen molar-refractivity contribution in [2.45, 2.75) is 33.1 Å². The normalized spacial score (nSPS) is 13.6. The Bertz CT molecular complexity index is 3720. The van der Waals surface area contributed by atoms with Crippen LogP contribution in [0.25, 0.3) is 93.6 Å². The topological polar surface area (TPSA) is 29.5 Å². The largest absolute Gasteiger partial charge is 0.456 e. The number of allylic oxidation sites excluding steroid dienone is 4. The second-order valence-electron chi connectivity index (χ2n) is 17.8. The predicted octanol–water partition coefficient (Wildman–Crippen LogP) is 17.4. The molecule has 0 amide bonds. The molecule has 0 atom stereocenters. The molecule has 0 fully saturated rings. The van der Waals surface area contributed by atoms with E-state index in [9.17, 15) is 0 Å². The Kier molecular flexibility index (Phi) is 8.64. The highest BCUT2D eigenvalue weighted by Crippen LogP contribution is 2.52. The molecule has 64 heavy (non-hydrogen) atoms. The molecular formula is C61H45NO2. The molecular weight excluding hydrogens is 779 g/mol. The van der Waals surface area contributed by atoms with Crippen LogP contribution >= 0.6 is 0 Å². The van der Waals surface area contributed by atoms with Crippen molar-refractivity contribution in [3.63, 3.8) is 0 Å². The van der Waals surface area contributed by atoms with Crippen LogP contribution in [0.2, 0.25) is 0 Å². The van der Waals surface area contributed by atoms with Gasteiger partial charge in [0, 0.05) is 49.6 Å². The highest BCUT2D eigenvalue weighted by atomic mass is 16.3. The molecule has 2 heterocycles. The van der Waals surface area contributed by atoms with Gasteiger partial charge in [0.15, 0.2) is 0 Å². The van der Waals surface area contributed by atoms with Gasteiger partial charge in [-0.05, 0) is 141 Å². The summed E-state index contributed by atoms with van der Waals surface area (Å²) in [5.74, 6) is 0. The van der Waals surface area contributed by atoms with Crippen LogP contribution in [0.3, 0.4) is 0 Å². The van der Waals surface area contributed by atoms with Crippen molar-refractivity contribution in [1.82, 2.24) is 0 Å². The summed E-state index contributed by atoms with van der Waals surface area (Å²) in [6.07, 6.45) is 4.51. The molecule has 0 aliphatic heterocycles. The van der Waals surface area contributed by atoms with Crippen molar-refractivity contribution >= 4 is 71.6 Å². The summed E-state index contributed by atoms with van der Waals surface area (Å²) in [4.78, 5) is 2.40. The van der Waals surface area contributed by atoms with Crippen LogP contribution in [0.4, 0.5) is 11.4 Å². The average molecular weight is 824 g/mol. The van der Waals surface area contributed by atoms with Crippen LogP contribution in [0, 0.1) is 0 Å². The van der Waals surface area contributed by atoms with E-state index in [0.717, 1.165) is 77.6 Å². The fraction of sp³-hybridized carbons (Fsp3) is 0.0820. The van der Waals surface area contributed by atoms with Crippen LogP contribution in [-0.4, -0.2) is 0 Å². The monoisotopic (exact) mass is 823 g/mol. The summed E-state index contributed by atoms with van der Waals surface area (Å²) in [5.41, 5.74) is 19.0. The first-order valence-electron chi connectivity index (χ1n) is 22.1. The van der Waals surface area contributed by atoms with Crippen LogP contribution in [0.5, 0.6) is 0 Å². The Balaban J connectivity index is 0.935. The maximum Gasteiger partial charge on any atom is 0.143 e. The quantitative estimate of drug-likeness (QED) is 0.150. The lowest BCUT2D eigenvalue weighted by molar-refractivity contribution is 0.660. The summed E-state index contributed by atoms with van der Waals surface area (Å²) in [7, 11) is 0. The Labute approximate surface area is 372 Å². The maximum absolute atomic E-state index is 6.50. The third-order valence-electron chi connectivity index (χ3n) is 13.6. The fourth-order valence-corrected chi connectivity index (χ4v) is 10.1. The highest BCUT2D eigenvalue weighted by Gasteiger charge is 2.36. The van der Waals surface area contributed by atoms with Crippen LogP contribution in [-0.2, 0) is 5.41 Å². The van der Waals surface area contributed by atoms with E-state index in [1.165, 1.54) is 49.7 Å². The number of furan rings is 2. The summed E-state index contributed by atoms with van der Waals surface area (Å²) < 4.78 is 12.7. The number of para-hydroxylation sites is 3. The van der Waals surface area contributed by atoms with Gasteiger partial charge < -0.3 is 13.7 Å². The summed E-state index contributed by atoms with van der Waals surface area (Å²) in [6, 6.07) is 67.8. The van der Waals surface area contributed by atoms with Crippen molar-refractivity contribution in [2.75, 3.05) is 4.90 Å². The van der Waals surface area contributed by atoms with E-state index in [4.69, 9.17) is 8.83 Å². The van der Waals surface area contributed by atoms with Crippen molar-refractivity contribution in [3.8, 4) is 33.4 Å². The van der Waals surface area contributed by atoms with Crippen molar-refractivity contribution in [2.24, 2.45) is 0 Å². The molecule has 0 unspecified atom stereocenters. The van der Waals surface area contributed by atoms with E-state index in [1.807, 2.05) is 18.2 Å². The smallest absolute Gasteiger partial charge is 0.143 e. The van der Waals surface area contributed by atoms with Gasteiger partial charge in [-0.3, -0.25) is 0 Å². The van der Waals surface area contributed by atoms with Gasteiger partial charge in [0.1, 0.15) is 22.3 Å². The zero-order valence-corrected chi connectivity index (χ0v) is 36.3. The molecule has 12 rings (SSSR count). The molecule has 11 aromatic rings. The number of anilines is 2. The van der Waals surface area contributed by atoms with Crippen LogP contribution in [0.1, 0.15) is 44.4 Å². The molecule has 0 radical (unpaired) electrons. The van der Waals surface area contributed by atoms with E-state index < -0.39 is 0 Å². The molecule has 3 nitrogen and oxygen atoms in total. The number of hydrogen-bond donors (Lipinski definition) is 0. The van der Waals surface area contributed by atoms with Gasteiger partial charge in [-0.15, -0.1) is 0 Å². The molecule has 0 spiro atoms. The zero-order chi connectivity index (χ0) is 43.1. The van der Waals surface area contributed by atoms with E-state index in [0.29, 0.717) is 0 Å². The van der Waals surface area contributed by atoms with Gasteiger partial charge in [-0.25, -0.2) is 0 Å². The van der Waals surface area contributed by atoms with Crippen LogP contribution < -0.4 is 4.90 Å². The fourth-order valence-electron chi connectivity index (χ4n) is 10.1. The number of rotatable bonds is 7. The second-order valence-corrected chi connectivity index (χ2v) is 17.8. The first-order chi connectivity index (χ1) is 31.3. The lowest BCUT2D eigenvalue weighted by Gasteiger charge is -2.28. The lowest BCUT2D eigenvalue weighted by atomic mass is 9.81. The molecule has 0 bridgehead atoms. The predicted molar refractivity (Wildman–Crippen MR) is 269 cm³/mol. The van der Waals surface area contributed by atoms with Gasteiger partial charge in [-0.2, -0.15) is 0 Å². The Morgan fingerprint density at radius 3 is 1.88 bits per heavy atom. The molecule has 9 aromatic carbocycles. The van der Waals surface area contributed by atoms with Gasteiger partial charge in [0.05, 0.1) is 0 Å². The minimum Gasteiger partial charge on any atom is -0.456 e. The molecule has 3 heteroatoms. The number of fused-ring (bicyclic) bond motifs is 10. The van der Waals surface area contributed by atoms with Gasteiger partial charge in [-0.1, -0.05) is 147 Å². The summed E-state index contributed by atoms with van der Waals surface area (Å²) >= 11 is 0. The van der Waals surface area contributed by atoms with Gasteiger partial charge >= 0.3 is 0 Å². The first-order valence-corrected chi connectivity index (χ1v) is 22.1. The maximum atomic E-state index is 6.50. The number of nitrogens with zero attached hydrogens (tertiary/aromatic N) is 1. The van der Waals surface area contributed by atoms with Gasteiger partial charge in [0.25, 0.3) is 0 Å². The highest BCUT2D eigenvalue weighted by molar-refractivity contribution is 6.10. The Morgan fingerprint density at radius 1 is 0.438 bits per heavy atom. The Hall–Kier alpha value is -7.88. The minimum atomic E-state index is -0.242. The van der Waals surface area contributed by atoms with E-state index in [-0.39, 0.29) is 5.41 Å². The molecule has 0 saturated carbocycles. The second kappa shape index (κ2) is 14.6. The molecule has 1 aliphatic rings. The van der Waals surface area contributed by atoms with Crippen molar-refractivity contribution in [3.05, 3.63) is 223 Å². The number of benzene rings is 9.